The molecule has 0 bridgehead atoms. The Labute approximate surface area is 151 Å². The molecule has 1 aromatic carbocycles. The molecule has 3 rings (SSSR count). The van der Waals surface area contributed by atoms with Gasteiger partial charge < -0.3 is 10.6 Å². The molecular formula is C22H29N3. The van der Waals surface area contributed by atoms with Gasteiger partial charge in [0.1, 0.15) is 0 Å². The standard InChI is InChI=1S/C22H29N3/c1-6-15(4)21(25-14(2)3)7-8-22-20-12-18-13-24-16(5)19(18)11-17(20)9-10-23-22/h9-12,15,21,24-25H,2,5-8,13H2,1,3-4H3. The largest absolute Gasteiger partial charge is 0.386 e. The number of aryl methyl sites for hydroxylation is 1. The van der Waals surface area contributed by atoms with Crippen LogP contribution in [0.4, 0.5) is 0 Å². The van der Waals surface area contributed by atoms with Gasteiger partial charge in [0.05, 0.1) is 0 Å². The van der Waals surface area contributed by atoms with Crippen LogP contribution < -0.4 is 10.6 Å². The van der Waals surface area contributed by atoms with Crippen LogP contribution >= 0.6 is 0 Å². The molecule has 2 aromatic rings. The van der Waals surface area contributed by atoms with Crippen LogP contribution in [0.2, 0.25) is 0 Å². The molecule has 0 saturated carbocycles. The van der Waals surface area contributed by atoms with Gasteiger partial charge in [-0.3, -0.25) is 4.98 Å². The maximum atomic E-state index is 4.69. The van der Waals surface area contributed by atoms with E-state index >= 15 is 0 Å². The average Bonchev–Trinajstić information content (AvgIpc) is 2.96. The third kappa shape index (κ3) is 3.71. The van der Waals surface area contributed by atoms with Crippen molar-refractivity contribution in [1.82, 2.24) is 15.6 Å². The van der Waals surface area contributed by atoms with Crippen LogP contribution in [0.3, 0.4) is 0 Å². The summed E-state index contributed by atoms with van der Waals surface area (Å²) < 4.78 is 0. The Balaban J connectivity index is 1.86. The van der Waals surface area contributed by atoms with Gasteiger partial charge >= 0.3 is 0 Å². The molecule has 3 heteroatoms. The van der Waals surface area contributed by atoms with Crippen LogP contribution in [0.5, 0.6) is 0 Å². The monoisotopic (exact) mass is 335 g/mol. The Kier molecular flexibility index (Phi) is 5.12. The molecule has 0 saturated heterocycles. The van der Waals surface area contributed by atoms with E-state index in [2.05, 4.69) is 55.8 Å². The molecule has 0 spiro atoms. The lowest BCUT2D eigenvalue weighted by Crippen LogP contribution is -2.33. The van der Waals surface area contributed by atoms with Gasteiger partial charge in [0.2, 0.25) is 0 Å². The van der Waals surface area contributed by atoms with Crippen LogP contribution in [0.1, 0.15) is 50.4 Å². The van der Waals surface area contributed by atoms with Crippen molar-refractivity contribution in [3.8, 4) is 0 Å². The van der Waals surface area contributed by atoms with Crippen molar-refractivity contribution in [1.29, 1.82) is 0 Å². The zero-order valence-electron chi connectivity index (χ0n) is 15.7. The third-order valence-electron chi connectivity index (χ3n) is 5.34. The van der Waals surface area contributed by atoms with Gasteiger partial charge in [0.25, 0.3) is 0 Å². The van der Waals surface area contributed by atoms with Crippen molar-refractivity contribution in [3.63, 3.8) is 0 Å². The quantitative estimate of drug-likeness (QED) is 0.764. The molecule has 0 aliphatic carbocycles. The van der Waals surface area contributed by atoms with E-state index in [9.17, 15) is 0 Å². The fourth-order valence-corrected chi connectivity index (χ4v) is 3.64. The molecule has 0 radical (unpaired) electrons. The lowest BCUT2D eigenvalue weighted by atomic mass is 9.92. The Bertz CT molecular complexity index is 806. The summed E-state index contributed by atoms with van der Waals surface area (Å²) in [6, 6.07) is 7.08. The molecule has 132 valence electrons. The van der Waals surface area contributed by atoms with E-state index in [0.29, 0.717) is 12.0 Å². The zero-order valence-corrected chi connectivity index (χ0v) is 15.7. The van der Waals surface area contributed by atoms with E-state index in [4.69, 9.17) is 4.98 Å². The maximum Gasteiger partial charge on any atom is 0.0482 e. The summed E-state index contributed by atoms with van der Waals surface area (Å²) >= 11 is 0. The van der Waals surface area contributed by atoms with Gasteiger partial charge in [-0.25, -0.2) is 0 Å². The second-order valence-electron chi connectivity index (χ2n) is 7.28. The number of rotatable bonds is 7. The molecule has 2 unspecified atom stereocenters. The number of benzene rings is 1. The Morgan fingerprint density at radius 1 is 1.40 bits per heavy atom. The predicted molar refractivity (Wildman–Crippen MR) is 107 cm³/mol. The summed E-state index contributed by atoms with van der Waals surface area (Å²) in [5.41, 5.74) is 5.82. The smallest absolute Gasteiger partial charge is 0.0482 e. The fraction of sp³-hybridized carbons (Fsp3) is 0.409. The summed E-state index contributed by atoms with van der Waals surface area (Å²) in [5, 5.41) is 9.42. The highest BCUT2D eigenvalue weighted by atomic mass is 14.9. The third-order valence-corrected chi connectivity index (χ3v) is 5.34. The van der Waals surface area contributed by atoms with Crippen LogP contribution in [-0.4, -0.2) is 11.0 Å². The highest BCUT2D eigenvalue weighted by Crippen LogP contribution is 2.30. The highest BCUT2D eigenvalue weighted by molar-refractivity contribution is 5.89. The number of fused-ring (bicyclic) bond motifs is 2. The molecule has 1 aromatic heterocycles. The molecule has 1 aliphatic heterocycles. The van der Waals surface area contributed by atoms with Crippen LogP contribution in [0.15, 0.2) is 43.3 Å². The molecular weight excluding hydrogens is 306 g/mol. The van der Waals surface area contributed by atoms with E-state index in [-0.39, 0.29) is 0 Å². The van der Waals surface area contributed by atoms with E-state index in [0.717, 1.165) is 37.2 Å². The van der Waals surface area contributed by atoms with Crippen LogP contribution in [-0.2, 0) is 13.0 Å². The van der Waals surface area contributed by atoms with Gasteiger partial charge in [0, 0.05) is 46.8 Å². The Hall–Kier alpha value is -2.29. The van der Waals surface area contributed by atoms with Gasteiger partial charge in [-0.15, -0.1) is 0 Å². The predicted octanol–water partition coefficient (Wildman–Crippen LogP) is 4.78. The van der Waals surface area contributed by atoms with Crippen molar-refractivity contribution in [2.45, 2.75) is 52.6 Å². The van der Waals surface area contributed by atoms with E-state index in [1.165, 1.54) is 27.6 Å². The number of hydrogen-bond donors (Lipinski definition) is 2. The SMILES string of the molecule is C=C(C)NC(CCc1nccc2cc3c(cc12)CNC3=C)C(C)CC. The van der Waals surface area contributed by atoms with Crippen molar-refractivity contribution in [3.05, 3.63) is 60.1 Å². The number of allylic oxidation sites excluding steroid dienone is 1. The topological polar surface area (TPSA) is 37.0 Å². The first-order chi connectivity index (χ1) is 12.0. The minimum Gasteiger partial charge on any atom is -0.386 e. The second-order valence-corrected chi connectivity index (χ2v) is 7.28. The van der Waals surface area contributed by atoms with Crippen LogP contribution in [0, 0.1) is 5.92 Å². The highest BCUT2D eigenvalue weighted by Gasteiger charge is 2.18. The van der Waals surface area contributed by atoms with E-state index < -0.39 is 0 Å². The second kappa shape index (κ2) is 7.30. The van der Waals surface area contributed by atoms with Gasteiger partial charge in [-0.2, -0.15) is 0 Å². The average molecular weight is 335 g/mol. The fourth-order valence-electron chi connectivity index (χ4n) is 3.64. The molecule has 2 heterocycles. The van der Waals surface area contributed by atoms with Gasteiger partial charge in [-0.05, 0) is 54.8 Å². The summed E-state index contributed by atoms with van der Waals surface area (Å²) in [7, 11) is 0. The minimum absolute atomic E-state index is 0.440. The number of aromatic nitrogens is 1. The molecule has 1 aliphatic rings. The molecule has 0 fully saturated rings. The van der Waals surface area contributed by atoms with Crippen molar-refractivity contribution >= 4 is 16.5 Å². The number of nitrogens with one attached hydrogen (secondary N) is 2. The van der Waals surface area contributed by atoms with E-state index in [1.807, 2.05) is 13.1 Å². The van der Waals surface area contributed by atoms with Crippen molar-refractivity contribution in [2.75, 3.05) is 0 Å². The summed E-state index contributed by atoms with van der Waals surface area (Å²) in [6.07, 6.45) is 5.13. The lowest BCUT2D eigenvalue weighted by Gasteiger charge is -2.25. The first kappa shape index (κ1) is 17.5. The van der Waals surface area contributed by atoms with Gasteiger partial charge in [0.15, 0.2) is 0 Å². The lowest BCUT2D eigenvalue weighted by molar-refractivity contribution is 0.371. The summed E-state index contributed by atoms with van der Waals surface area (Å²) in [4.78, 5) is 4.69. The summed E-state index contributed by atoms with van der Waals surface area (Å²) in [6.45, 7) is 15.6. The molecule has 3 nitrogen and oxygen atoms in total. The molecule has 0 amide bonds. The molecule has 25 heavy (non-hydrogen) atoms. The van der Waals surface area contributed by atoms with Crippen molar-refractivity contribution in [2.24, 2.45) is 5.92 Å². The normalized spacial score (nSPS) is 15.6. The number of hydrogen-bond acceptors (Lipinski definition) is 3. The number of pyridine rings is 1. The number of nitrogens with zero attached hydrogens (tertiary/aromatic N) is 1. The first-order valence-electron chi connectivity index (χ1n) is 9.25. The Morgan fingerprint density at radius 2 is 2.20 bits per heavy atom. The first-order valence-corrected chi connectivity index (χ1v) is 9.25. The maximum absolute atomic E-state index is 4.69. The zero-order chi connectivity index (χ0) is 18.0. The molecule has 2 N–H and O–H groups in total. The van der Waals surface area contributed by atoms with Crippen molar-refractivity contribution < 1.29 is 0 Å². The minimum atomic E-state index is 0.440. The van der Waals surface area contributed by atoms with E-state index in [1.54, 1.807) is 0 Å². The molecule has 2 atom stereocenters. The van der Waals surface area contributed by atoms with Gasteiger partial charge in [-0.1, -0.05) is 33.4 Å². The Morgan fingerprint density at radius 3 is 2.92 bits per heavy atom. The van der Waals surface area contributed by atoms with Crippen LogP contribution in [0.25, 0.3) is 16.5 Å². The summed E-state index contributed by atoms with van der Waals surface area (Å²) in [5.74, 6) is 0.614.